The molecule has 0 aliphatic rings. The van der Waals surface area contributed by atoms with Gasteiger partial charge in [0.25, 0.3) is 0 Å². The van der Waals surface area contributed by atoms with E-state index in [2.05, 4.69) is 9.97 Å². The maximum Gasteiger partial charge on any atom is 0.214 e. The van der Waals surface area contributed by atoms with Gasteiger partial charge in [-0.15, -0.1) is 11.3 Å². The Kier molecular flexibility index (Phi) is 4.44. The van der Waals surface area contributed by atoms with E-state index < -0.39 is 0 Å². The molecule has 4 nitrogen and oxygen atoms in total. The second kappa shape index (κ2) is 6.08. The van der Waals surface area contributed by atoms with Crippen LogP contribution < -0.4 is 10.5 Å². The van der Waals surface area contributed by atoms with Crippen molar-refractivity contribution in [3.05, 3.63) is 39.5 Å². The summed E-state index contributed by atoms with van der Waals surface area (Å²) in [5, 5.41) is 0. The lowest BCUT2D eigenvalue weighted by molar-refractivity contribution is 0.309. The fourth-order valence-corrected chi connectivity index (χ4v) is 2.55. The van der Waals surface area contributed by atoms with Crippen LogP contribution >= 0.6 is 23.6 Å². The molecule has 0 aliphatic heterocycles. The largest absolute Gasteiger partial charge is 0.477 e. The monoisotopic (exact) mass is 293 g/mol. The summed E-state index contributed by atoms with van der Waals surface area (Å²) in [5.41, 5.74) is 10.2. The van der Waals surface area contributed by atoms with Gasteiger partial charge in [-0.2, -0.15) is 0 Å². The number of aryl methyl sites for hydroxylation is 2. The van der Waals surface area contributed by atoms with E-state index in [1.165, 1.54) is 4.88 Å². The predicted octanol–water partition coefficient (Wildman–Crippen LogP) is 2.41. The molecule has 2 heterocycles. The van der Waals surface area contributed by atoms with Crippen molar-refractivity contribution < 1.29 is 4.74 Å². The van der Waals surface area contributed by atoms with Gasteiger partial charge in [0.2, 0.25) is 5.88 Å². The summed E-state index contributed by atoms with van der Waals surface area (Å²) in [6.45, 7) is 4.46. The number of thiazole rings is 1. The molecule has 0 atom stereocenters. The Balaban J connectivity index is 2.00. The highest BCUT2D eigenvalue weighted by atomic mass is 32.1. The van der Waals surface area contributed by atoms with Gasteiger partial charge in [0.1, 0.15) is 4.99 Å². The first-order chi connectivity index (χ1) is 9.06. The summed E-state index contributed by atoms with van der Waals surface area (Å²) in [5.74, 6) is 0.560. The molecule has 0 bridgehead atoms. The van der Waals surface area contributed by atoms with Crippen molar-refractivity contribution in [3.8, 4) is 5.88 Å². The SMILES string of the molecule is Cc1cc(C(N)=S)cc(OCCc2scnc2C)n1. The first-order valence-electron chi connectivity index (χ1n) is 5.86. The maximum atomic E-state index is 5.66. The fourth-order valence-electron chi connectivity index (χ4n) is 1.67. The molecule has 2 rings (SSSR count). The summed E-state index contributed by atoms with van der Waals surface area (Å²) in [4.78, 5) is 10.1. The molecule has 2 N–H and O–H groups in total. The van der Waals surface area contributed by atoms with Gasteiger partial charge in [-0.05, 0) is 19.9 Å². The topological polar surface area (TPSA) is 61.0 Å². The van der Waals surface area contributed by atoms with Gasteiger partial charge in [-0.25, -0.2) is 9.97 Å². The Morgan fingerprint density at radius 3 is 2.84 bits per heavy atom. The van der Waals surface area contributed by atoms with Crippen LogP contribution in [0.3, 0.4) is 0 Å². The van der Waals surface area contributed by atoms with Crippen LogP contribution in [0.25, 0.3) is 0 Å². The quantitative estimate of drug-likeness (QED) is 0.858. The van der Waals surface area contributed by atoms with E-state index in [0.717, 1.165) is 23.4 Å². The summed E-state index contributed by atoms with van der Waals surface area (Å²) in [7, 11) is 0. The highest BCUT2D eigenvalue weighted by Gasteiger charge is 2.05. The Labute approximate surface area is 121 Å². The third kappa shape index (κ3) is 3.71. The number of rotatable bonds is 5. The van der Waals surface area contributed by atoms with Crippen LogP contribution in [-0.4, -0.2) is 21.6 Å². The van der Waals surface area contributed by atoms with Crippen molar-refractivity contribution in [2.75, 3.05) is 6.61 Å². The Bertz CT molecular complexity index is 595. The summed E-state index contributed by atoms with van der Waals surface area (Å²) in [6.07, 6.45) is 0.828. The second-order valence-electron chi connectivity index (χ2n) is 4.16. The molecular weight excluding hydrogens is 278 g/mol. The van der Waals surface area contributed by atoms with E-state index in [-0.39, 0.29) is 0 Å². The fraction of sp³-hybridized carbons (Fsp3) is 0.308. The lowest BCUT2D eigenvalue weighted by atomic mass is 10.2. The van der Waals surface area contributed by atoms with Gasteiger partial charge in [-0.3, -0.25) is 0 Å². The van der Waals surface area contributed by atoms with Crippen LogP contribution in [0.2, 0.25) is 0 Å². The molecule has 0 unspecified atom stereocenters. The predicted molar refractivity (Wildman–Crippen MR) is 80.9 cm³/mol. The van der Waals surface area contributed by atoms with E-state index in [9.17, 15) is 0 Å². The number of aromatic nitrogens is 2. The number of hydrogen-bond acceptors (Lipinski definition) is 5. The molecule has 2 aromatic heterocycles. The zero-order valence-electron chi connectivity index (χ0n) is 10.8. The molecule has 0 amide bonds. The van der Waals surface area contributed by atoms with E-state index in [1.54, 1.807) is 17.4 Å². The van der Waals surface area contributed by atoms with Gasteiger partial charge in [0.05, 0.1) is 17.8 Å². The van der Waals surface area contributed by atoms with Crippen LogP contribution in [0.1, 0.15) is 21.8 Å². The molecule has 6 heteroatoms. The minimum Gasteiger partial charge on any atom is -0.477 e. The van der Waals surface area contributed by atoms with Crippen LogP contribution in [0.15, 0.2) is 17.6 Å². The molecule has 0 aromatic carbocycles. The standard InChI is InChI=1S/C13H15N3OS2/c1-8-5-10(13(14)18)6-12(16-8)17-4-3-11-9(2)15-7-19-11/h5-7H,3-4H2,1-2H3,(H2,14,18). The number of thiocarbonyl (C=S) groups is 1. The third-order valence-electron chi connectivity index (χ3n) is 2.64. The second-order valence-corrected chi connectivity index (χ2v) is 5.54. The third-order valence-corrected chi connectivity index (χ3v) is 3.87. The molecule has 0 saturated carbocycles. The van der Waals surface area contributed by atoms with Crippen molar-refractivity contribution >= 4 is 28.5 Å². The van der Waals surface area contributed by atoms with E-state index in [4.69, 9.17) is 22.7 Å². The molecule has 0 fully saturated rings. The lowest BCUT2D eigenvalue weighted by Crippen LogP contribution is -2.11. The van der Waals surface area contributed by atoms with Gasteiger partial charge >= 0.3 is 0 Å². The van der Waals surface area contributed by atoms with Gasteiger partial charge in [0, 0.05) is 28.6 Å². The Hall–Kier alpha value is -1.53. The zero-order chi connectivity index (χ0) is 13.8. The van der Waals surface area contributed by atoms with E-state index >= 15 is 0 Å². The van der Waals surface area contributed by atoms with Crippen LogP contribution in [-0.2, 0) is 6.42 Å². The molecule has 0 aliphatic carbocycles. The number of nitrogens with zero attached hydrogens (tertiary/aromatic N) is 2. The molecule has 0 saturated heterocycles. The van der Waals surface area contributed by atoms with Crippen molar-refractivity contribution in [2.24, 2.45) is 5.73 Å². The smallest absolute Gasteiger partial charge is 0.214 e. The minimum atomic E-state index is 0.355. The van der Waals surface area contributed by atoms with Gasteiger partial charge in [-0.1, -0.05) is 12.2 Å². The highest BCUT2D eigenvalue weighted by Crippen LogP contribution is 2.15. The molecular formula is C13H15N3OS2. The number of hydrogen-bond donors (Lipinski definition) is 1. The number of ether oxygens (including phenoxy) is 1. The highest BCUT2D eigenvalue weighted by molar-refractivity contribution is 7.80. The number of pyridine rings is 1. The normalized spacial score (nSPS) is 10.4. The van der Waals surface area contributed by atoms with Crippen molar-refractivity contribution in [2.45, 2.75) is 20.3 Å². The van der Waals surface area contributed by atoms with Gasteiger partial charge in [0.15, 0.2) is 0 Å². The average molecular weight is 293 g/mol. The van der Waals surface area contributed by atoms with Crippen molar-refractivity contribution in [1.29, 1.82) is 0 Å². The Morgan fingerprint density at radius 1 is 1.42 bits per heavy atom. The molecule has 0 spiro atoms. The molecule has 2 aromatic rings. The van der Waals surface area contributed by atoms with Crippen molar-refractivity contribution in [3.63, 3.8) is 0 Å². The molecule has 19 heavy (non-hydrogen) atoms. The first kappa shape index (κ1) is 13.9. The van der Waals surface area contributed by atoms with Crippen molar-refractivity contribution in [1.82, 2.24) is 9.97 Å². The lowest BCUT2D eigenvalue weighted by Gasteiger charge is -2.07. The average Bonchev–Trinajstić information content (AvgIpc) is 2.74. The summed E-state index contributed by atoms with van der Waals surface area (Å²) in [6, 6.07) is 3.62. The molecule has 0 radical (unpaired) electrons. The molecule has 100 valence electrons. The van der Waals surface area contributed by atoms with E-state index in [1.807, 2.05) is 25.4 Å². The summed E-state index contributed by atoms with van der Waals surface area (Å²) >= 11 is 6.61. The minimum absolute atomic E-state index is 0.355. The maximum absolute atomic E-state index is 5.66. The van der Waals surface area contributed by atoms with Gasteiger partial charge < -0.3 is 10.5 Å². The zero-order valence-corrected chi connectivity index (χ0v) is 12.5. The number of nitrogens with two attached hydrogens (primary N) is 1. The van der Waals surface area contributed by atoms with Crippen LogP contribution in [0.5, 0.6) is 5.88 Å². The first-order valence-corrected chi connectivity index (χ1v) is 7.15. The van der Waals surface area contributed by atoms with Crippen LogP contribution in [0.4, 0.5) is 0 Å². The van der Waals surface area contributed by atoms with Crippen LogP contribution in [0, 0.1) is 13.8 Å². The summed E-state index contributed by atoms with van der Waals surface area (Å²) < 4.78 is 5.66. The van der Waals surface area contributed by atoms with E-state index in [0.29, 0.717) is 17.5 Å². The Morgan fingerprint density at radius 2 is 2.21 bits per heavy atom.